The molecule has 1 aromatic carbocycles. The molecule has 0 radical (unpaired) electrons. The van der Waals surface area contributed by atoms with Gasteiger partial charge in [0.25, 0.3) is 0 Å². The molecule has 1 heterocycles. The van der Waals surface area contributed by atoms with Crippen LogP contribution < -0.4 is 4.74 Å². The molecular weight excluding hydrogens is 308 g/mol. The summed E-state index contributed by atoms with van der Waals surface area (Å²) in [4.78, 5) is 16.3. The Hall–Kier alpha value is -1.95. The normalized spacial score (nSPS) is 13.0. The molecule has 0 saturated carbocycles. The number of ether oxygens (including phenoxy) is 1. The molecule has 2 aromatic rings. The minimum atomic E-state index is -0.699. The largest absolute Gasteiger partial charge is 0.439 e. The molecule has 0 spiro atoms. The second-order valence-corrected chi connectivity index (χ2v) is 6.26. The zero-order valence-electron chi connectivity index (χ0n) is 11.9. The molecule has 0 aliphatic heterocycles. The van der Waals surface area contributed by atoms with Crippen LogP contribution in [0.15, 0.2) is 29.3 Å². The molecule has 3 nitrogen and oxygen atoms in total. The number of hydrogen-bond donors (Lipinski definition) is 0. The highest BCUT2D eigenvalue weighted by Gasteiger charge is 2.22. The van der Waals surface area contributed by atoms with Crippen LogP contribution in [0, 0.1) is 11.6 Å². The van der Waals surface area contributed by atoms with Crippen molar-refractivity contribution in [2.45, 2.75) is 31.1 Å². The number of pyridine rings is 1. The van der Waals surface area contributed by atoms with Gasteiger partial charge in [0.2, 0.25) is 5.88 Å². The molecule has 0 saturated heterocycles. The fourth-order valence-electron chi connectivity index (χ4n) is 2.55. The molecule has 1 aliphatic rings. The third-order valence-corrected chi connectivity index (χ3v) is 4.24. The molecule has 3 rings (SSSR count). The van der Waals surface area contributed by atoms with Gasteiger partial charge in [-0.15, -0.1) is 0 Å². The average Bonchev–Trinajstić information content (AvgIpc) is 2.90. The number of carbonyl (C=O) groups excluding carboxylic acids is 1. The van der Waals surface area contributed by atoms with Crippen LogP contribution in [0.3, 0.4) is 0 Å². The Morgan fingerprint density at radius 3 is 2.55 bits per heavy atom. The van der Waals surface area contributed by atoms with Crippen LogP contribution in [-0.2, 0) is 17.6 Å². The summed E-state index contributed by atoms with van der Waals surface area (Å²) in [5, 5.41) is -0.00299. The lowest BCUT2D eigenvalue weighted by Crippen LogP contribution is -1.98. The van der Waals surface area contributed by atoms with E-state index in [1.165, 1.54) is 6.92 Å². The molecule has 6 heteroatoms. The number of halogens is 2. The van der Waals surface area contributed by atoms with Crippen molar-refractivity contribution >= 4 is 16.9 Å². The van der Waals surface area contributed by atoms with Crippen molar-refractivity contribution in [1.82, 2.24) is 4.98 Å². The summed E-state index contributed by atoms with van der Waals surface area (Å²) in [6.07, 6.45) is 4.16. The second kappa shape index (κ2) is 6.04. The molecule has 0 unspecified atom stereocenters. The van der Waals surface area contributed by atoms with Crippen molar-refractivity contribution in [3.05, 3.63) is 47.2 Å². The topological polar surface area (TPSA) is 39.2 Å². The first-order valence-corrected chi connectivity index (χ1v) is 7.67. The predicted molar refractivity (Wildman–Crippen MR) is 79.2 cm³/mol. The van der Waals surface area contributed by atoms with E-state index in [1.54, 1.807) is 6.20 Å². The van der Waals surface area contributed by atoms with E-state index in [0.717, 1.165) is 65.2 Å². The van der Waals surface area contributed by atoms with E-state index in [-0.39, 0.29) is 10.9 Å². The van der Waals surface area contributed by atoms with Gasteiger partial charge in [-0.2, -0.15) is 0 Å². The zero-order valence-corrected chi connectivity index (χ0v) is 12.7. The first-order valence-electron chi connectivity index (χ1n) is 6.86. The van der Waals surface area contributed by atoms with Gasteiger partial charge in [-0.05, 0) is 24.8 Å². The summed E-state index contributed by atoms with van der Waals surface area (Å²) < 4.78 is 32.0. The van der Waals surface area contributed by atoms with Gasteiger partial charge in [0.1, 0.15) is 17.4 Å². The van der Waals surface area contributed by atoms with Crippen LogP contribution in [0.5, 0.6) is 11.6 Å². The fraction of sp³-hybridized carbons (Fsp3) is 0.250. The maximum atomic E-state index is 13.2. The molecule has 0 fully saturated rings. The Kier molecular flexibility index (Phi) is 4.11. The monoisotopic (exact) mass is 321 g/mol. The minimum Gasteiger partial charge on any atom is -0.439 e. The number of rotatable bonds is 3. The zero-order chi connectivity index (χ0) is 15.7. The van der Waals surface area contributed by atoms with Gasteiger partial charge >= 0.3 is 0 Å². The third-order valence-electron chi connectivity index (χ3n) is 3.38. The summed E-state index contributed by atoms with van der Waals surface area (Å²) in [5.41, 5.74) is 1.96. The number of nitrogens with zero attached hydrogens (tertiary/aromatic N) is 1. The van der Waals surface area contributed by atoms with Crippen LogP contribution >= 0.6 is 11.8 Å². The number of hydrogen-bond acceptors (Lipinski definition) is 4. The van der Waals surface area contributed by atoms with E-state index in [1.807, 2.05) is 0 Å². The van der Waals surface area contributed by atoms with E-state index in [2.05, 4.69) is 4.98 Å². The van der Waals surface area contributed by atoms with Gasteiger partial charge in [-0.25, -0.2) is 13.8 Å². The standard InChI is InChI=1S/C16H13F2NO2S/c1-9(20)22-15-8-19-16(14-4-2-3-13(14)15)21-12-6-10(17)5-11(18)7-12/h5-8H,2-4H2,1H3. The van der Waals surface area contributed by atoms with E-state index < -0.39 is 11.6 Å². The van der Waals surface area contributed by atoms with Crippen molar-refractivity contribution in [1.29, 1.82) is 0 Å². The van der Waals surface area contributed by atoms with Crippen molar-refractivity contribution in [3.8, 4) is 11.6 Å². The predicted octanol–water partition coefficient (Wildman–Crippen LogP) is 4.28. The molecule has 22 heavy (non-hydrogen) atoms. The van der Waals surface area contributed by atoms with Crippen molar-refractivity contribution in [3.63, 3.8) is 0 Å². The molecular formula is C16H13F2NO2S. The number of thioether (sulfide) groups is 1. The highest BCUT2D eigenvalue weighted by Crippen LogP contribution is 2.37. The number of aromatic nitrogens is 1. The highest BCUT2D eigenvalue weighted by atomic mass is 32.2. The fourth-order valence-corrected chi connectivity index (χ4v) is 3.32. The first-order chi connectivity index (χ1) is 10.5. The van der Waals surface area contributed by atoms with E-state index in [0.29, 0.717) is 5.88 Å². The lowest BCUT2D eigenvalue weighted by molar-refractivity contribution is -0.109. The van der Waals surface area contributed by atoms with Crippen LogP contribution in [0.25, 0.3) is 0 Å². The molecule has 1 aliphatic carbocycles. The maximum Gasteiger partial charge on any atom is 0.222 e. The molecule has 0 amide bonds. The summed E-state index contributed by atoms with van der Waals surface area (Å²) in [6, 6.07) is 3.02. The summed E-state index contributed by atoms with van der Waals surface area (Å²) in [5.74, 6) is -0.970. The maximum absolute atomic E-state index is 13.2. The number of carbonyl (C=O) groups is 1. The van der Waals surface area contributed by atoms with Crippen LogP contribution in [0.1, 0.15) is 24.5 Å². The highest BCUT2D eigenvalue weighted by molar-refractivity contribution is 8.13. The third kappa shape index (κ3) is 3.11. The quantitative estimate of drug-likeness (QED) is 0.791. The van der Waals surface area contributed by atoms with Crippen LogP contribution in [0.4, 0.5) is 8.78 Å². The van der Waals surface area contributed by atoms with E-state index in [9.17, 15) is 13.6 Å². The smallest absolute Gasteiger partial charge is 0.222 e. The van der Waals surface area contributed by atoms with Crippen molar-refractivity contribution < 1.29 is 18.3 Å². The first kappa shape index (κ1) is 15.0. The number of fused-ring (bicyclic) bond motifs is 1. The Morgan fingerprint density at radius 2 is 1.86 bits per heavy atom. The SMILES string of the molecule is CC(=O)Sc1cnc(Oc2cc(F)cc(F)c2)c2c1CCC2. The second-order valence-electron chi connectivity index (χ2n) is 5.04. The molecule has 114 valence electrons. The van der Waals surface area contributed by atoms with Crippen molar-refractivity contribution in [2.75, 3.05) is 0 Å². The lowest BCUT2D eigenvalue weighted by Gasteiger charge is -2.12. The Bertz CT molecular complexity index is 729. The van der Waals surface area contributed by atoms with Crippen molar-refractivity contribution in [2.24, 2.45) is 0 Å². The molecule has 1 aromatic heterocycles. The Labute approximate surface area is 130 Å². The van der Waals surface area contributed by atoms with Gasteiger partial charge < -0.3 is 4.74 Å². The van der Waals surface area contributed by atoms with Gasteiger partial charge in [0.15, 0.2) is 5.12 Å². The Balaban J connectivity index is 1.95. The molecule has 0 bridgehead atoms. The van der Waals surface area contributed by atoms with Gasteiger partial charge in [-0.3, -0.25) is 4.79 Å². The molecule has 0 atom stereocenters. The molecule has 0 N–H and O–H groups in total. The van der Waals surface area contributed by atoms with Gasteiger partial charge in [0.05, 0.1) is 0 Å². The Morgan fingerprint density at radius 1 is 1.18 bits per heavy atom. The average molecular weight is 321 g/mol. The van der Waals surface area contributed by atoms with Crippen LogP contribution in [-0.4, -0.2) is 10.1 Å². The van der Waals surface area contributed by atoms with Crippen LogP contribution in [0.2, 0.25) is 0 Å². The minimum absolute atomic E-state index is 0.00299. The summed E-state index contributed by atoms with van der Waals surface area (Å²) in [6.45, 7) is 1.51. The van der Waals surface area contributed by atoms with Gasteiger partial charge in [-0.1, -0.05) is 11.8 Å². The number of benzene rings is 1. The van der Waals surface area contributed by atoms with Gasteiger partial charge in [0, 0.05) is 41.8 Å². The lowest BCUT2D eigenvalue weighted by atomic mass is 10.2. The van der Waals surface area contributed by atoms with E-state index >= 15 is 0 Å². The summed E-state index contributed by atoms with van der Waals surface area (Å²) >= 11 is 1.15. The van der Waals surface area contributed by atoms with E-state index in [4.69, 9.17) is 4.74 Å². The summed E-state index contributed by atoms with van der Waals surface area (Å²) in [7, 11) is 0.